The summed E-state index contributed by atoms with van der Waals surface area (Å²) in [5, 5.41) is 6.51. The second-order valence-corrected chi connectivity index (χ2v) is 6.80. The van der Waals surface area contributed by atoms with Crippen molar-refractivity contribution < 1.29 is 14.3 Å². The number of aromatic nitrogens is 2. The summed E-state index contributed by atoms with van der Waals surface area (Å²) in [5.41, 5.74) is 0.750. The molecular weight excluding hydrogens is 403 g/mol. The van der Waals surface area contributed by atoms with Crippen molar-refractivity contribution in [2.45, 2.75) is 0 Å². The van der Waals surface area contributed by atoms with Gasteiger partial charge in [0.05, 0.1) is 18.9 Å². The van der Waals surface area contributed by atoms with E-state index in [0.29, 0.717) is 26.5 Å². The fraction of sp³-hybridized carbons (Fsp3) is 0.0500. The van der Waals surface area contributed by atoms with E-state index < -0.39 is 11.7 Å². The van der Waals surface area contributed by atoms with Gasteiger partial charge in [0.15, 0.2) is 5.75 Å². The Balaban J connectivity index is 2.12. The van der Waals surface area contributed by atoms with Gasteiger partial charge in [-0.1, -0.05) is 41.4 Å². The summed E-state index contributed by atoms with van der Waals surface area (Å²) in [6, 6.07) is 13.4. The highest BCUT2D eigenvalue weighted by atomic mass is 35.5. The Morgan fingerprint density at radius 2 is 1.86 bits per heavy atom. The molecule has 0 bridgehead atoms. The number of benzene rings is 2. The highest BCUT2D eigenvalue weighted by Gasteiger charge is 2.18. The van der Waals surface area contributed by atoms with E-state index in [9.17, 15) is 9.59 Å². The van der Waals surface area contributed by atoms with Crippen molar-refractivity contribution >= 4 is 45.6 Å². The predicted molar refractivity (Wildman–Crippen MR) is 107 cm³/mol. The standard InChI is InChI=1S/C20H12Cl2N2O4/c1-27-20(26)28-17-9-16(11-3-2-4-13(21)7-11)19(25)24-18(17)15-8-14(22)6-5-12(15)10-23-24/h2-10H,1H3. The molecule has 0 radical (unpaired) electrons. The zero-order valence-corrected chi connectivity index (χ0v) is 16.0. The van der Waals surface area contributed by atoms with Gasteiger partial charge in [0.2, 0.25) is 0 Å². The molecule has 0 spiro atoms. The number of methoxy groups -OCH3 is 1. The Bertz CT molecular complexity index is 1300. The first-order valence-electron chi connectivity index (χ1n) is 8.14. The summed E-state index contributed by atoms with van der Waals surface area (Å²) in [4.78, 5) is 24.9. The third-order valence-corrected chi connectivity index (χ3v) is 4.69. The van der Waals surface area contributed by atoms with Gasteiger partial charge in [0.25, 0.3) is 5.56 Å². The SMILES string of the molecule is COC(=O)Oc1cc(-c2cccc(Cl)c2)c(=O)n2ncc3ccc(Cl)cc3c12. The number of carbonyl (C=O) groups excluding carboxylic acids is 1. The highest BCUT2D eigenvalue weighted by molar-refractivity contribution is 6.31. The van der Waals surface area contributed by atoms with E-state index in [4.69, 9.17) is 27.9 Å². The molecule has 0 N–H and O–H groups in total. The average molecular weight is 415 g/mol. The maximum absolute atomic E-state index is 13.1. The smallest absolute Gasteiger partial charge is 0.437 e. The van der Waals surface area contributed by atoms with Crippen molar-refractivity contribution in [1.29, 1.82) is 0 Å². The monoisotopic (exact) mass is 414 g/mol. The van der Waals surface area contributed by atoms with Crippen molar-refractivity contribution in [3.63, 3.8) is 0 Å². The molecule has 0 saturated heterocycles. The van der Waals surface area contributed by atoms with Crippen LogP contribution in [0.15, 0.2) is 59.5 Å². The molecule has 0 aliphatic rings. The van der Waals surface area contributed by atoms with Crippen molar-refractivity contribution in [1.82, 2.24) is 9.61 Å². The normalized spacial score (nSPS) is 11.0. The molecule has 140 valence electrons. The van der Waals surface area contributed by atoms with Crippen molar-refractivity contribution in [3.05, 3.63) is 75.1 Å². The molecule has 4 aromatic rings. The summed E-state index contributed by atoms with van der Waals surface area (Å²) in [6.45, 7) is 0. The van der Waals surface area contributed by atoms with E-state index in [1.54, 1.807) is 48.7 Å². The minimum absolute atomic E-state index is 0.113. The maximum atomic E-state index is 13.1. The molecule has 2 aromatic carbocycles. The number of nitrogens with zero attached hydrogens (tertiary/aromatic N) is 2. The molecule has 8 heteroatoms. The fourth-order valence-corrected chi connectivity index (χ4v) is 3.34. The van der Waals surface area contributed by atoms with Gasteiger partial charge in [-0.05, 0) is 35.9 Å². The second-order valence-electron chi connectivity index (χ2n) is 5.93. The van der Waals surface area contributed by atoms with Crippen molar-refractivity contribution in [2.24, 2.45) is 0 Å². The molecular formula is C20H12Cl2N2O4. The second kappa shape index (κ2) is 7.14. The van der Waals surface area contributed by atoms with Crippen LogP contribution in [0.4, 0.5) is 4.79 Å². The van der Waals surface area contributed by atoms with Crippen LogP contribution < -0.4 is 10.3 Å². The maximum Gasteiger partial charge on any atom is 0.513 e. The lowest BCUT2D eigenvalue weighted by atomic mass is 10.1. The summed E-state index contributed by atoms with van der Waals surface area (Å²) in [6.07, 6.45) is 0.626. The van der Waals surface area contributed by atoms with E-state index in [1.807, 2.05) is 0 Å². The van der Waals surface area contributed by atoms with Gasteiger partial charge >= 0.3 is 6.16 Å². The Morgan fingerprint density at radius 3 is 2.61 bits per heavy atom. The Labute approximate surface area is 168 Å². The van der Waals surface area contributed by atoms with E-state index >= 15 is 0 Å². The molecule has 28 heavy (non-hydrogen) atoms. The Hall–Kier alpha value is -3.09. The van der Waals surface area contributed by atoms with Crippen LogP contribution in [0.5, 0.6) is 5.75 Å². The third kappa shape index (κ3) is 3.17. The average Bonchev–Trinajstić information content (AvgIpc) is 2.69. The Kier molecular flexibility index (Phi) is 4.66. The molecule has 0 saturated carbocycles. The van der Waals surface area contributed by atoms with Crippen LogP contribution in [0.3, 0.4) is 0 Å². The highest BCUT2D eigenvalue weighted by Crippen LogP contribution is 2.32. The van der Waals surface area contributed by atoms with E-state index in [-0.39, 0.29) is 11.3 Å². The lowest BCUT2D eigenvalue weighted by molar-refractivity contribution is 0.122. The van der Waals surface area contributed by atoms with Crippen LogP contribution in [0.2, 0.25) is 10.0 Å². The lowest BCUT2D eigenvalue weighted by Crippen LogP contribution is -2.20. The van der Waals surface area contributed by atoms with Gasteiger partial charge in [-0.15, -0.1) is 0 Å². The molecule has 0 fully saturated rings. The van der Waals surface area contributed by atoms with E-state index in [2.05, 4.69) is 9.84 Å². The summed E-state index contributed by atoms with van der Waals surface area (Å²) < 4.78 is 11.1. The number of carbonyl (C=O) groups is 1. The zero-order chi connectivity index (χ0) is 19.8. The largest absolute Gasteiger partial charge is 0.513 e. The summed E-state index contributed by atoms with van der Waals surface area (Å²) >= 11 is 12.2. The zero-order valence-electron chi connectivity index (χ0n) is 14.5. The van der Waals surface area contributed by atoms with Crippen LogP contribution in [-0.4, -0.2) is 22.9 Å². The molecule has 2 aromatic heterocycles. The first kappa shape index (κ1) is 18.3. The molecule has 6 nitrogen and oxygen atoms in total. The van der Waals surface area contributed by atoms with Gasteiger partial charge < -0.3 is 9.47 Å². The fourth-order valence-electron chi connectivity index (χ4n) is 2.98. The molecule has 0 aliphatic heterocycles. The number of fused-ring (bicyclic) bond motifs is 3. The molecule has 0 atom stereocenters. The molecule has 0 amide bonds. The van der Waals surface area contributed by atoms with Crippen molar-refractivity contribution in [2.75, 3.05) is 7.11 Å². The van der Waals surface area contributed by atoms with Gasteiger partial charge in [-0.25, -0.2) is 4.79 Å². The molecule has 0 aliphatic carbocycles. The molecule has 2 heterocycles. The molecule has 4 rings (SSSR count). The number of hydrogen-bond donors (Lipinski definition) is 0. The minimum atomic E-state index is -0.920. The quantitative estimate of drug-likeness (QED) is 0.342. The van der Waals surface area contributed by atoms with E-state index in [0.717, 1.165) is 5.39 Å². The van der Waals surface area contributed by atoms with Crippen LogP contribution in [-0.2, 0) is 4.74 Å². The van der Waals surface area contributed by atoms with Gasteiger partial charge in [0, 0.05) is 20.8 Å². The van der Waals surface area contributed by atoms with Crippen LogP contribution in [0, 0.1) is 0 Å². The predicted octanol–water partition coefficient (Wildman–Crippen LogP) is 4.97. The van der Waals surface area contributed by atoms with E-state index in [1.165, 1.54) is 17.7 Å². The first-order chi connectivity index (χ1) is 13.5. The van der Waals surface area contributed by atoms with Gasteiger partial charge in [-0.3, -0.25) is 4.79 Å². The molecule has 0 unspecified atom stereocenters. The van der Waals surface area contributed by atoms with Crippen LogP contribution in [0.25, 0.3) is 27.4 Å². The third-order valence-electron chi connectivity index (χ3n) is 4.22. The summed E-state index contributed by atoms with van der Waals surface area (Å²) in [5.74, 6) is 0.113. The number of halogens is 2. The lowest BCUT2D eigenvalue weighted by Gasteiger charge is -2.12. The van der Waals surface area contributed by atoms with Gasteiger partial charge in [0.1, 0.15) is 5.52 Å². The number of ether oxygens (including phenoxy) is 2. The number of rotatable bonds is 2. The van der Waals surface area contributed by atoms with Crippen LogP contribution >= 0.6 is 23.2 Å². The first-order valence-corrected chi connectivity index (χ1v) is 8.89. The van der Waals surface area contributed by atoms with Gasteiger partial charge in [-0.2, -0.15) is 9.61 Å². The van der Waals surface area contributed by atoms with Crippen molar-refractivity contribution in [3.8, 4) is 16.9 Å². The number of hydrogen-bond acceptors (Lipinski definition) is 5. The Morgan fingerprint density at radius 1 is 1.07 bits per heavy atom. The topological polar surface area (TPSA) is 69.9 Å². The van der Waals surface area contributed by atoms with Crippen LogP contribution in [0.1, 0.15) is 0 Å². The summed E-state index contributed by atoms with van der Waals surface area (Å²) in [7, 11) is 1.20. The number of pyridine rings is 1. The minimum Gasteiger partial charge on any atom is -0.437 e.